The summed E-state index contributed by atoms with van der Waals surface area (Å²) in [5.74, 6) is 0.243. The van der Waals surface area contributed by atoms with Gasteiger partial charge in [0.1, 0.15) is 10.7 Å². The van der Waals surface area contributed by atoms with Gasteiger partial charge in [0.25, 0.3) is 0 Å². The molecule has 0 bridgehead atoms. The van der Waals surface area contributed by atoms with E-state index >= 15 is 0 Å². The summed E-state index contributed by atoms with van der Waals surface area (Å²) in [6, 6.07) is 7.71. The Morgan fingerprint density at radius 1 is 1.15 bits per heavy atom. The van der Waals surface area contributed by atoms with Crippen LogP contribution in [0.1, 0.15) is 5.56 Å². The zero-order chi connectivity index (χ0) is 14.1. The van der Waals surface area contributed by atoms with Gasteiger partial charge in [-0.25, -0.2) is 15.0 Å². The number of nitrogen functional groups attached to an aromatic ring is 1. The van der Waals surface area contributed by atoms with Crippen LogP contribution in [0.15, 0.2) is 35.8 Å². The number of anilines is 1. The molecule has 100 valence electrons. The lowest BCUT2D eigenvalue weighted by Crippen LogP contribution is -1.94. The Labute approximate surface area is 125 Å². The lowest BCUT2D eigenvalue weighted by atomic mass is 10.1. The molecule has 0 saturated heterocycles. The van der Waals surface area contributed by atoms with Crippen LogP contribution in [0.2, 0.25) is 5.02 Å². The van der Waals surface area contributed by atoms with Gasteiger partial charge in [-0.2, -0.15) is 0 Å². The highest BCUT2D eigenvalue weighted by atomic mass is 35.5. The van der Waals surface area contributed by atoms with Crippen LogP contribution in [0, 0.1) is 6.92 Å². The van der Waals surface area contributed by atoms with E-state index in [1.54, 1.807) is 12.3 Å². The van der Waals surface area contributed by atoms with Crippen LogP contribution in [0.5, 0.6) is 0 Å². The Morgan fingerprint density at radius 3 is 2.75 bits per heavy atom. The number of aryl methyl sites for hydroxylation is 1. The second kappa shape index (κ2) is 5.19. The molecule has 2 heterocycles. The smallest absolute Gasteiger partial charge is 0.220 e. The Balaban J connectivity index is 2.02. The molecular formula is C14H11ClN4S. The van der Waals surface area contributed by atoms with E-state index in [1.807, 2.05) is 30.5 Å². The van der Waals surface area contributed by atoms with Crippen LogP contribution in [0.25, 0.3) is 22.0 Å². The number of rotatable bonds is 2. The average Bonchev–Trinajstić information content (AvgIpc) is 2.88. The molecule has 0 radical (unpaired) electrons. The highest BCUT2D eigenvalue weighted by molar-refractivity contribution is 7.13. The molecular weight excluding hydrogens is 292 g/mol. The maximum absolute atomic E-state index is 6.26. The Hall–Kier alpha value is -1.98. The third-order valence-corrected chi connectivity index (χ3v) is 3.98. The Kier molecular flexibility index (Phi) is 3.38. The van der Waals surface area contributed by atoms with Gasteiger partial charge in [-0.15, -0.1) is 11.3 Å². The lowest BCUT2D eigenvalue weighted by molar-refractivity contribution is 1.18. The third kappa shape index (κ3) is 2.50. The molecule has 0 atom stereocenters. The second-order valence-corrected chi connectivity index (χ2v) is 5.59. The second-order valence-electron chi connectivity index (χ2n) is 4.32. The molecule has 0 amide bonds. The van der Waals surface area contributed by atoms with Gasteiger partial charge in [0.2, 0.25) is 5.95 Å². The number of hydrogen-bond donors (Lipinski definition) is 1. The number of aromatic nitrogens is 3. The molecule has 0 unspecified atom stereocenters. The quantitative estimate of drug-likeness (QED) is 0.781. The molecule has 3 rings (SSSR count). The zero-order valence-electron chi connectivity index (χ0n) is 10.7. The minimum atomic E-state index is 0.243. The standard InChI is InChI=1S/C14H11ClN4S/c1-8-2-3-9(10(15)6-8)12-7-20-13(18-12)11-4-5-17-14(16)19-11/h2-7H,1H3,(H2,16,17,19). The van der Waals surface area contributed by atoms with Gasteiger partial charge in [0.05, 0.1) is 10.7 Å². The Bertz CT molecular complexity index is 769. The number of nitrogens with zero attached hydrogens (tertiary/aromatic N) is 3. The first-order chi connectivity index (χ1) is 9.63. The fourth-order valence-electron chi connectivity index (χ4n) is 1.84. The van der Waals surface area contributed by atoms with Crippen LogP contribution in [-0.2, 0) is 0 Å². The van der Waals surface area contributed by atoms with Crippen molar-refractivity contribution in [2.24, 2.45) is 0 Å². The highest BCUT2D eigenvalue weighted by Crippen LogP contribution is 2.32. The molecule has 4 nitrogen and oxygen atoms in total. The number of hydrogen-bond acceptors (Lipinski definition) is 5. The van der Waals surface area contributed by atoms with E-state index in [9.17, 15) is 0 Å². The Morgan fingerprint density at radius 2 is 2.00 bits per heavy atom. The first-order valence-electron chi connectivity index (χ1n) is 5.94. The fourth-order valence-corrected chi connectivity index (χ4v) is 2.96. The molecule has 0 aliphatic rings. The van der Waals surface area contributed by atoms with Crippen LogP contribution < -0.4 is 5.73 Å². The largest absolute Gasteiger partial charge is 0.368 e. The van der Waals surface area contributed by atoms with Gasteiger partial charge in [0.15, 0.2) is 0 Å². The van der Waals surface area contributed by atoms with Crippen LogP contribution in [0.4, 0.5) is 5.95 Å². The normalized spacial score (nSPS) is 10.7. The van der Waals surface area contributed by atoms with Crippen LogP contribution in [0.3, 0.4) is 0 Å². The number of nitrogens with two attached hydrogens (primary N) is 1. The summed E-state index contributed by atoms with van der Waals surface area (Å²) in [6.07, 6.45) is 1.62. The fraction of sp³-hybridized carbons (Fsp3) is 0.0714. The van der Waals surface area contributed by atoms with E-state index < -0.39 is 0 Å². The van der Waals surface area contributed by atoms with Gasteiger partial charge in [0, 0.05) is 17.1 Å². The van der Waals surface area contributed by atoms with E-state index in [4.69, 9.17) is 17.3 Å². The summed E-state index contributed by atoms with van der Waals surface area (Å²) in [5.41, 5.74) is 9.19. The number of halogens is 1. The van der Waals surface area contributed by atoms with Crippen molar-refractivity contribution in [1.29, 1.82) is 0 Å². The third-order valence-electron chi connectivity index (χ3n) is 2.80. The summed E-state index contributed by atoms with van der Waals surface area (Å²) in [7, 11) is 0. The van der Waals surface area contributed by atoms with E-state index in [-0.39, 0.29) is 5.95 Å². The van der Waals surface area contributed by atoms with Gasteiger partial charge >= 0.3 is 0 Å². The molecule has 1 aromatic carbocycles. The summed E-state index contributed by atoms with van der Waals surface area (Å²) < 4.78 is 0. The maximum Gasteiger partial charge on any atom is 0.220 e. The zero-order valence-corrected chi connectivity index (χ0v) is 12.2. The van der Waals surface area contributed by atoms with Crippen molar-refractivity contribution in [2.45, 2.75) is 6.92 Å². The monoisotopic (exact) mass is 302 g/mol. The van der Waals surface area contributed by atoms with Crippen LogP contribution in [-0.4, -0.2) is 15.0 Å². The molecule has 0 fully saturated rings. The average molecular weight is 303 g/mol. The minimum absolute atomic E-state index is 0.243. The van der Waals surface area contributed by atoms with Crippen molar-refractivity contribution in [1.82, 2.24) is 15.0 Å². The molecule has 20 heavy (non-hydrogen) atoms. The summed E-state index contributed by atoms with van der Waals surface area (Å²) in [4.78, 5) is 12.6. The van der Waals surface area contributed by atoms with Crippen molar-refractivity contribution in [3.05, 3.63) is 46.4 Å². The minimum Gasteiger partial charge on any atom is -0.368 e. The van der Waals surface area contributed by atoms with Crippen molar-refractivity contribution in [3.63, 3.8) is 0 Å². The highest BCUT2D eigenvalue weighted by Gasteiger charge is 2.10. The molecule has 2 aromatic heterocycles. The molecule has 6 heteroatoms. The SMILES string of the molecule is Cc1ccc(-c2csc(-c3ccnc(N)n3)n2)c(Cl)c1. The molecule has 0 aliphatic heterocycles. The maximum atomic E-state index is 6.26. The van der Waals surface area contributed by atoms with E-state index in [0.717, 1.165) is 27.5 Å². The van der Waals surface area contributed by atoms with E-state index in [0.29, 0.717) is 5.02 Å². The summed E-state index contributed by atoms with van der Waals surface area (Å²) >= 11 is 7.77. The predicted molar refractivity (Wildman–Crippen MR) is 82.7 cm³/mol. The van der Waals surface area contributed by atoms with Gasteiger partial charge in [-0.3, -0.25) is 0 Å². The van der Waals surface area contributed by atoms with Crippen molar-refractivity contribution >= 4 is 28.9 Å². The van der Waals surface area contributed by atoms with E-state index in [2.05, 4.69) is 15.0 Å². The number of benzene rings is 1. The lowest BCUT2D eigenvalue weighted by Gasteiger charge is -2.01. The van der Waals surface area contributed by atoms with Crippen molar-refractivity contribution in [3.8, 4) is 22.0 Å². The predicted octanol–water partition coefficient (Wildman–Crippen LogP) is 3.81. The first kappa shape index (κ1) is 13.0. The molecule has 2 N–H and O–H groups in total. The first-order valence-corrected chi connectivity index (χ1v) is 7.20. The number of thiazole rings is 1. The van der Waals surface area contributed by atoms with Crippen LogP contribution >= 0.6 is 22.9 Å². The summed E-state index contributed by atoms with van der Waals surface area (Å²) in [5, 5.41) is 3.46. The van der Waals surface area contributed by atoms with Crippen molar-refractivity contribution in [2.75, 3.05) is 5.73 Å². The van der Waals surface area contributed by atoms with E-state index in [1.165, 1.54) is 11.3 Å². The molecule has 3 aromatic rings. The van der Waals surface area contributed by atoms with Gasteiger partial charge in [-0.1, -0.05) is 23.7 Å². The van der Waals surface area contributed by atoms with Crippen molar-refractivity contribution < 1.29 is 0 Å². The summed E-state index contributed by atoms with van der Waals surface area (Å²) in [6.45, 7) is 2.01. The topological polar surface area (TPSA) is 64.7 Å². The van der Waals surface area contributed by atoms with Gasteiger partial charge < -0.3 is 5.73 Å². The molecule has 0 spiro atoms. The molecule has 0 saturated carbocycles. The van der Waals surface area contributed by atoms with Gasteiger partial charge in [-0.05, 0) is 24.6 Å². The molecule has 0 aliphatic carbocycles.